The fourth-order valence-electron chi connectivity index (χ4n) is 2.21. The quantitative estimate of drug-likeness (QED) is 0.704. The molecule has 0 saturated heterocycles. The number of anilines is 1. The maximum absolute atomic E-state index is 12.1. The number of hydrogen-bond donors (Lipinski definition) is 1. The number of carbonyl (C=O) groups excluding carboxylic acids is 1. The third-order valence-corrected chi connectivity index (χ3v) is 5.36. The van der Waals surface area contributed by atoms with E-state index in [4.69, 9.17) is 4.42 Å². The molecular formula is C17H16N4O4S. The number of benzene rings is 1. The summed E-state index contributed by atoms with van der Waals surface area (Å²) in [5.41, 5.74) is 1.32. The van der Waals surface area contributed by atoms with E-state index in [1.165, 1.54) is 12.1 Å². The van der Waals surface area contributed by atoms with Crippen molar-refractivity contribution in [1.29, 1.82) is 0 Å². The summed E-state index contributed by atoms with van der Waals surface area (Å²) in [6, 6.07) is 9.69. The summed E-state index contributed by atoms with van der Waals surface area (Å²) in [5, 5.41) is 10.2. The van der Waals surface area contributed by atoms with Crippen molar-refractivity contribution < 1.29 is 17.6 Å². The molecule has 3 aromatic rings. The second-order valence-electron chi connectivity index (χ2n) is 5.43. The molecule has 0 unspecified atom stereocenters. The van der Waals surface area contributed by atoms with Gasteiger partial charge in [0.2, 0.25) is 5.91 Å². The predicted molar refractivity (Wildman–Crippen MR) is 94.0 cm³/mol. The molecular weight excluding hydrogens is 356 g/mol. The fourth-order valence-corrected chi connectivity index (χ4v) is 3.09. The van der Waals surface area contributed by atoms with Crippen LogP contribution in [0.3, 0.4) is 0 Å². The number of nitrogens with zero attached hydrogens (tertiary/aromatic N) is 3. The lowest BCUT2D eigenvalue weighted by atomic mass is 10.1. The summed E-state index contributed by atoms with van der Waals surface area (Å²) in [5.74, 6) is -0.0662. The van der Waals surface area contributed by atoms with E-state index in [1.54, 1.807) is 43.6 Å². The van der Waals surface area contributed by atoms with Crippen molar-refractivity contribution in [2.75, 3.05) is 11.1 Å². The summed E-state index contributed by atoms with van der Waals surface area (Å²) in [6.45, 7) is 1.58. The van der Waals surface area contributed by atoms with Crippen molar-refractivity contribution in [2.45, 2.75) is 18.2 Å². The second kappa shape index (κ2) is 7.44. The van der Waals surface area contributed by atoms with Crippen LogP contribution in [0.2, 0.25) is 0 Å². The number of pyridine rings is 1. The molecule has 26 heavy (non-hydrogen) atoms. The first-order valence-corrected chi connectivity index (χ1v) is 9.48. The molecule has 0 aliphatic carbocycles. The molecule has 0 radical (unpaired) electrons. The average Bonchev–Trinajstić information content (AvgIpc) is 3.11. The Kier molecular flexibility index (Phi) is 5.08. The minimum atomic E-state index is -3.25. The largest absolute Gasteiger partial charge is 0.403 e. The van der Waals surface area contributed by atoms with Gasteiger partial charge in [0.05, 0.1) is 22.6 Å². The van der Waals surface area contributed by atoms with E-state index in [0.29, 0.717) is 11.1 Å². The Hall–Kier alpha value is -3.07. The maximum atomic E-state index is 12.1. The van der Waals surface area contributed by atoms with Crippen molar-refractivity contribution in [3.05, 3.63) is 54.4 Å². The van der Waals surface area contributed by atoms with Gasteiger partial charge in [0.25, 0.3) is 5.89 Å². The highest BCUT2D eigenvalue weighted by Crippen LogP contribution is 2.18. The van der Waals surface area contributed by atoms with Crippen LogP contribution in [-0.2, 0) is 21.1 Å². The first-order chi connectivity index (χ1) is 12.5. The summed E-state index contributed by atoms with van der Waals surface area (Å²) >= 11 is 0. The highest BCUT2D eigenvalue weighted by atomic mass is 32.2. The zero-order chi connectivity index (χ0) is 18.6. The van der Waals surface area contributed by atoms with Crippen LogP contribution in [-0.4, -0.2) is 35.3 Å². The monoisotopic (exact) mass is 372 g/mol. The van der Waals surface area contributed by atoms with E-state index < -0.39 is 9.84 Å². The van der Waals surface area contributed by atoms with Gasteiger partial charge in [0.1, 0.15) is 0 Å². The lowest BCUT2D eigenvalue weighted by Gasteiger charge is -2.04. The summed E-state index contributed by atoms with van der Waals surface area (Å²) in [7, 11) is -3.25. The van der Waals surface area contributed by atoms with Crippen LogP contribution in [0.25, 0.3) is 11.5 Å². The van der Waals surface area contributed by atoms with Crippen LogP contribution < -0.4 is 5.32 Å². The van der Waals surface area contributed by atoms with Gasteiger partial charge in [0, 0.05) is 12.4 Å². The molecule has 9 heteroatoms. The molecule has 0 spiro atoms. The summed E-state index contributed by atoms with van der Waals surface area (Å²) < 4.78 is 29.0. The third kappa shape index (κ3) is 4.12. The number of aromatic nitrogens is 3. The van der Waals surface area contributed by atoms with Crippen LogP contribution >= 0.6 is 0 Å². The normalized spacial score (nSPS) is 11.3. The highest BCUT2D eigenvalue weighted by Gasteiger charge is 2.14. The minimum absolute atomic E-state index is 0.0148. The number of rotatable bonds is 6. The fraction of sp³-hybridized carbons (Fsp3) is 0.176. The molecule has 0 fully saturated rings. The van der Waals surface area contributed by atoms with Crippen LogP contribution in [0, 0.1) is 0 Å². The molecule has 8 nitrogen and oxygen atoms in total. The zero-order valence-electron chi connectivity index (χ0n) is 13.9. The van der Waals surface area contributed by atoms with Gasteiger partial charge in [-0.25, -0.2) is 8.42 Å². The molecule has 1 N–H and O–H groups in total. The van der Waals surface area contributed by atoms with Gasteiger partial charge >= 0.3 is 6.01 Å². The number of carbonyl (C=O) groups is 1. The predicted octanol–water partition coefficient (Wildman–Crippen LogP) is 2.11. The molecule has 0 aliphatic rings. The molecule has 2 heterocycles. The molecule has 0 saturated carbocycles. The molecule has 0 atom stereocenters. The van der Waals surface area contributed by atoms with E-state index in [-0.39, 0.29) is 34.9 Å². The smallest absolute Gasteiger partial charge is 0.322 e. The Bertz CT molecular complexity index is 999. The van der Waals surface area contributed by atoms with Crippen LogP contribution in [0.4, 0.5) is 6.01 Å². The zero-order valence-corrected chi connectivity index (χ0v) is 14.7. The first kappa shape index (κ1) is 17.7. The Morgan fingerprint density at radius 2 is 1.92 bits per heavy atom. The Morgan fingerprint density at radius 1 is 1.15 bits per heavy atom. The van der Waals surface area contributed by atoms with Gasteiger partial charge in [-0.2, -0.15) is 0 Å². The number of hydrogen-bond acceptors (Lipinski definition) is 7. The minimum Gasteiger partial charge on any atom is -0.403 e. The van der Waals surface area contributed by atoms with E-state index in [2.05, 4.69) is 20.5 Å². The molecule has 0 aliphatic heterocycles. The Balaban J connectivity index is 1.64. The van der Waals surface area contributed by atoms with Crippen LogP contribution in [0.15, 0.2) is 58.1 Å². The lowest BCUT2D eigenvalue weighted by molar-refractivity contribution is -0.115. The van der Waals surface area contributed by atoms with Gasteiger partial charge < -0.3 is 4.42 Å². The summed E-state index contributed by atoms with van der Waals surface area (Å²) in [6.07, 6.45) is 3.25. The van der Waals surface area contributed by atoms with Gasteiger partial charge in [-0.05, 0) is 29.8 Å². The van der Waals surface area contributed by atoms with Gasteiger partial charge in [-0.3, -0.25) is 15.1 Å². The highest BCUT2D eigenvalue weighted by molar-refractivity contribution is 7.91. The standard InChI is InChI=1S/C17H16N4O4S/c1-2-26(23,24)14-7-5-12(6-8-14)10-15(22)19-17-21-20-16(25-17)13-4-3-9-18-11-13/h3-9,11H,2,10H2,1H3,(H,19,21,22). The van der Waals surface area contributed by atoms with Crippen molar-refractivity contribution in [1.82, 2.24) is 15.2 Å². The molecule has 0 bridgehead atoms. The third-order valence-electron chi connectivity index (χ3n) is 3.61. The van der Waals surface area contributed by atoms with Crippen LogP contribution in [0.1, 0.15) is 12.5 Å². The molecule has 1 amide bonds. The summed E-state index contributed by atoms with van der Waals surface area (Å²) in [4.78, 5) is 16.3. The lowest BCUT2D eigenvalue weighted by Crippen LogP contribution is -2.14. The Labute approximate surface area is 150 Å². The van der Waals surface area contributed by atoms with Gasteiger partial charge in [-0.1, -0.05) is 24.2 Å². The second-order valence-corrected chi connectivity index (χ2v) is 7.70. The molecule has 134 valence electrons. The van der Waals surface area contributed by atoms with E-state index in [0.717, 1.165) is 0 Å². The number of nitrogens with one attached hydrogen (secondary N) is 1. The Morgan fingerprint density at radius 3 is 2.58 bits per heavy atom. The van der Waals surface area contributed by atoms with Crippen molar-refractivity contribution >= 4 is 21.8 Å². The number of amides is 1. The molecule has 1 aromatic carbocycles. The average molecular weight is 372 g/mol. The first-order valence-electron chi connectivity index (χ1n) is 7.83. The van der Waals surface area contributed by atoms with E-state index in [9.17, 15) is 13.2 Å². The maximum Gasteiger partial charge on any atom is 0.322 e. The molecule has 2 aromatic heterocycles. The van der Waals surface area contributed by atoms with E-state index >= 15 is 0 Å². The van der Waals surface area contributed by atoms with Crippen molar-refractivity contribution in [2.24, 2.45) is 0 Å². The molecule has 3 rings (SSSR count). The van der Waals surface area contributed by atoms with Crippen molar-refractivity contribution in [3.8, 4) is 11.5 Å². The van der Waals surface area contributed by atoms with Gasteiger partial charge in [-0.15, -0.1) is 5.10 Å². The topological polar surface area (TPSA) is 115 Å². The number of sulfone groups is 1. The van der Waals surface area contributed by atoms with Gasteiger partial charge in [0.15, 0.2) is 9.84 Å². The SMILES string of the molecule is CCS(=O)(=O)c1ccc(CC(=O)Nc2nnc(-c3cccnc3)o2)cc1. The van der Waals surface area contributed by atoms with E-state index in [1.807, 2.05) is 0 Å². The van der Waals surface area contributed by atoms with Crippen LogP contribution in [0.5, 0.6) is 0 Å². The van der Waals surface area contributed by atoms with Crippen molar-refractivity contribution in [3.63, 3.8) is 0 Å².